The van der Waals surface area contributed by atoms with E-state index in [4.69, 9.17) is 33.6 Å². The number of hydrogen-bond acceptors (Lipinski definition) is 6. The summed E-state index contributed by atoms with van der Waals surface area (Å²) in [6.07, 6.45) is 0. The topological polar surface area (TPSA) is 98.7 Å². The van der Waals surface area contributed by atoms with E-state index in [1.54, 1.807) is 11.0 Å². The van der Waals surface area contributed by atoms with Gasteiger partial charge in [0.2, 0.25) is 0 Å². The van der Waals surface area contributed by atoms with Crippen molar-refractivity contribution in [3.63, 3.8) is 0 Å². The SMILES string of the molecule is O=C(Cl)c1ccc(NO)c(C(=O)Cl)c1NO. The second-order valence-corrected chi connectivity index (χ2v) is 3.37. The number of nitrogens with one attached hydrogen (secondary N) is 2. The van der Waals surface area contributed by atoms with E-state index in [9.17, 15) is 9.59 Å². The molecule has 1 aromatic rings. The number of hydrogen-bond donors (Lipinski definition) is 4. The molecule has 6 nitrogen and oxygen atoms in total. The number of carbonyl (C=O) groups is 2. The van der Waals surface area contributed by atoms with Gasteiger partial charge in [-0.15, -0.1) is 0 Å². The van der Waals surface area contributed by atoms with Crippen LogP contribution in [0.1, 0.15) is 20.7 Å². The summed E-state index contributed by atoms with van der Waals surface area (Å²) in [6, 6.07) is 2.42. The van der Waals surface area contributed by atoms with Crippen LogP contribution in [0.4, 0.5) is 11.4 Å². The zero-order chi connectivity index (χ0) is 12.3. The minimum Gasteiger partial charge on any atom is -0.291 e. The standard InChI is InChI=1S/C8H6Cl2N2O4/c9-7(13)3-1-2-4(11-15)5(8(10)14)6(3)12-16/h1-2,11-12,15-16H. The van der Waals surface area contributed by atoms with Gasteiger partial charge in [0.25, 0.3) is 10.5 Å². The lowest BCUT2D eigenvalue weighted by molar-refractivity contribution is 0.108. The third kappa shape index (κ3) is 2.25. The van der Waals surface area contributed by atoms with Crippen LogP contribution in [-0.2, 0) is 0 Å². The third-order valence-corrected chi connectivity index (χ3v) is 2.24. The van der Waals surface area contributed by atoms with E-state index in [0.29, 0.717) is 0 Å². The summed E-state index contributed by atoms with van der Waals surface area (Å²) < 4.78 is 0. The van der Waals surface area contributed by atoms with Crippen molar-refractivity contribution in [2.45, 2.75) is 0 Å². The Morgan fingerprint density at radius 3 is 2.06 bits per heavy atom. The summed E-state index contributed by atoms with van der Waals surface area (Å²) in [6.45, 7) is 0. The molecule has 0 saturated heterocycles. The minimum absolute atomic E-state index is 0.0711. The predicted molar refractivity (Wildman–Crippen MR) is 57.6 cm³/mol. The highest BCUT2D eigenvalue weighted by molar-refractivity contribution is 6.70. The van der Waals surface area contributed by atoms with Gasteiger partial charge in [-0.05, 0) is 35.3 Å². The van der Waals surface area contributed by atoms with Gasteiger partial charge in [-0.3, -0.25) is 31.0 Å². The molecular formula is C8H6Cl2N2O4. The molecule has 0 bridgehead atoms. The zero-order valence-electron chi connectivity index (χ0n) is 7.62. The van der Waals surface area contributed by atoms with Gasteiger partial charge < -0.3 is 0 Å². The first-order valence-electron chi connectivity index (χ1n) is 3.89. The average Bonchev–Trinajstić information content (AvgIpc) is 2.26. The highest BCUT2D eigenvalue weighted by atomic mass is 35.5. The summed E-state index contributed by atoms with van der Waals surface area (Å²) in [5, 5.41) is 15.7. The maximum absolute atomic E-state index is 11.1. The first kappa shape index (κ1) is 12.7. The Morgan fingerprint density at radius 1 is 1.06 bits per heavy atom. The molecule has 0 spiro atoms. The first-order chi connectivity index (χ1) is 7.52. The molecule has 16 heavy (non-hydrogen) atoms. The lowest BCUT2D eigenvalue weighted by atomic mass is 10.1. The highest BCUT2D eigenvalue weighted by Gasteiger charge is 2.20. The molecule has 86 valence electrons. The zero-order valence-corrected chi connectivity index (χ0v) is 9.13. The second kappa shape index (κ2) is 5.13. The summed E-state index contributed by atoms with van der Waals surface area (Å²) in [4.78, 5) is 22.1. The Morgan fingerprint density at radius 2 is 1.69 bits per heavy atom. The van der Waals surface area contributed by atoms with E-state index in [2.05, 4.69) is 0 Å². The Kier molecular flexibility index (Phi) is 4.08. The van der Waals surface area contributed by atoms with E-state index < -0.39 is 10.5 Å². The Balaban J connectivity index is 3.56. The van der Waals surface area contributed by atoms with Gasteiger partial charge in [-0.25, -0.2) is 0 Å². The van der Waals surface area contributed by atoms with Crippen LogP contribution < -0.4 is 11.0 Å². The van der Waals surface area contributed by atoms with Crippen molar-refractivity contribution < 1.29 is 20.0 Å². The number of halogens is 2. The molecular weight excluding hydrogens is 259 g/mol. The van der Waals surface area contributed by atoms with Gasteiger partial charge in [-0.1, -0.05) is 0 Å². The van der Waals surface area contributed by atoms with Crippen LogP contribution in [0.15, 0.2) is 12.1 Å². The molecule has 0 amide bonds. The molecule has 0 aliphatic carbocycles. The van der Waals surface area contributed by atoms with Gasteiger partial charge >= 0.3 is 0 Å². The largest absolute Gasteiger partial charge is 0.291 e. The van der Waals surface area contributed by atoms with E-state index in [1.807, 2.05) is 0 Å². The summed E-state index contributed by atoms with van der Waals surface area (Å²) in [7, 11) is 0. The Labute approximate surface area is 99.7 Å². The number of benzene rings is 1. The Bertz CT molecular complexity index is 450. The lowest BCUT2D eigenvalue weighted by Gasteiger charge is -2.12. The van der Waals surface area contributed by atoms with E-state index >= 15 is 0 Å². The maximum atomic E-state index is 11.1. The second-order valence-electron chi connectivity index (χ2n) is 2.68. The van der Waals surface area contributed by atoms with Crippen LogP contribution in [0, 0.1) is 0 Å². The van der Waals surface area contributed by atoms with Crippen LogP contribution in [0.5, 0.6) is 0 Å². The smallest absolute Gasteiger partial charge is 0.256 e. The monoisotopic (exact) mass is 264 g/mol. The molecule has 0 aromatic heterocycles. The molecule has 1 rings (SSSR count). The highest BCUT2D eigenvalue weighted by Crippen LogP contribution is 2.30. The fourth-order valence-corrected chi connectivity index (χ4v) is 1.53. The van der Waals surface area contributed by atoms with Crippen molar-refractivity contribution in [2.75, 3.05) is 11.0 Å². The molecule has 0 fully saturated rings. The van der Waals surface area contributed by atoms with E-state index in [0.717, 1.165) is 0 Å². The van der Waals surface area contributed by atoms with Gasteiger partial charge in [0.05, 0.1) is 22.5 Å². The molecule has 0 aliphatic rings. The predicted octanol–water partition coefficient (Wildman–Crippen LogP) is 2.05. The summed E-state index contributed by atoms with van der Waals surface area (Å²) in [5.41, 5.74) is 2.56. The quantitative estimate of drug-likeness (QED) is 0.491. The molecule has 0 aliphatic heterocycles. The molecule has 4 N–H and O–H groups in total. The molecule has 0 atom stereocenters. The van der Waals surface area contributed by atoms with Gasteiger partial charge in [0.1, 0.15) is 0 Å². The van der Waals surface area contributed by atoms with Crippen molar-refractivity contribution in [3.05, 3.63) is 23.3 Å². The van der Waals surface area contributed by atoms with E-state index in [1.165, 1.54) is 12.1 Å². The first-order valence-corrected chi connectivity index (χ1v) is 4.65. The van der Waals surface area contributed by atoms with Crippen LogP contribution in [0.25, 0.3) is 0 Å². The minimum atomic E-state index is -0.979. The van der Waals surface area contributed by atoms with Crippen molar-refractivity contribution in [2.24, 2.45) is 0 Å². The molecule has 0 heterocycles. The van der Waals surface area contributed by atoms with Crippen molar-refractivity contribution in [3.8, 4) is 0 Å². The molecule has 1 aromatic carbocycles. The van der Waals surface area contributed by atoms with Crippen molar-refractivity contribution in [1.29, 1.82) is 0 Å². The van der Waals surface area contributed by atoms with Crippen LogP contribution >= 0.6 is 23.2 Å². The number of anilines is 2. The summed E-state index contributed by atoms with van der Waals surface area (Å²) in [5.74, 6) is 0. The van der Waals surface area contributed by atoms with Crippen LogP contribution in [0.2, 0.25) is 0 Å². The van der Waals surface area contributed by atoms with Crippen molar-refractivity contribution >= 4 is 45.1 Å². The average molecular weight is 265 g/mol. The lowest BCUT2D eigenvalue weighted by Crippen LogP contribution is -2.08. The maximum Gasteiger partial charge on any atom is 0.256 e. The number of carbonyl (C=O) groups excluding carboxylic acids is 2. The Hall–Kier alpha value is -1.34. The van der Waals surface area contributed by atoms with Crippen LogP contribution in [-0.4, -0.2) is 20.9 Å². The molecule has 8 heteroatoms. The van der Waals surface area contributed by atoms with Gasteiger partial charge in [-0.2, -0.15) is 0 Å². The fraction of sp³-hybridized carbons (Fsp3) is 0. The number of rotatable bonds is 4. The van der Waals surface area contributed by atoms with E-state index in [-0.39, 0.29) is 22.5 Å². The molecule has 0 unspecified atom stereocenters. The summed E-state index contributed by atoms with van der Waals surface area (Å²) >= 11 is 10.5. The van der Waals surface area contributed by atoms with Crippen LogP contribution in [0.3, 0.4) is 0 Å². The van der Waals surface area contributed by atoms with Crippen molar-refractivity contribution in [1.82, 2.24) is 0 Å². The molecule has 0 radical (unpaired) electrons. The normalized spacial score (nSPS) is 9.75. The fourth-order valence-electron chi connectivity index (χ4n) is 1.18. The van der Waals surface area contributed by atoms with Gasteiger partial charge in [0.15, 0.2) is 0 Å². The third-order valence-electron chi connectivity index (χ3n) is 1.85. The molecule has 0 saturated carbocycles. The van der Waals surface area contributed by atoms with Gasteiger partial charge in [0, 0.05) is 0 Å².